The molecule has 0 bridgehead atoms. The van der Waals surface area contributed by atoms with Crippen molar-refractivity contribution in [3.63, 3.8) is 0 Å². The minimum absolute atomic E-state index is 0.631. The molecule has 0 aliphatic carbocycles. The van der Waals surface area contributed by atoms with Crippen molar-refractivity contribution >= 4 is 43.6 Å². The summed E-state index contributed by atoms with van der Waals surface area (Å²) in [6, 6.07) is 47.7. The van der Waals surface area contributed by atoms with Gasteiger partial charge in [0.25, 0.3) is 0 Å². The Labute approximate surface area is 258 Å². The molecule has 45 heavy (non-hydrogen) atoms. The van der Waals surface area contributed by atoms with Gasteiger partial charge in [-0.3, -0.25) is 0 Å². The lowest BCUT2D eigenvalue weighted by molar-refractivity contribution is 0.655. The molecule has 6 aromatic carbocycles. The number of nitrogens with zero attached hydrogens (tertiary/aromatic N) is 4. The van der Waals surface area contributed by atoms with Gasteiger partial charge >= 0.3 is 0 Å². The van der Waals surface area contributed by atoms with Crippen molar-refractivity contribution < 1.29 is 4.42 Å². The molecule has 0 aliphatic rings. The molecule has 3 heterocycles. The van der Waals surface area contributed by atoms with Crippen molar-refractivity contribution in [2.75, 3.05) is 0 Å². The van der Waals surface area contributed by atoms with Gasteiger partial charge in [-0.05, 0) is 57.4 Å². The van der Waals surface area contributed by atoms with E-state index in [4.69, 9.17) is 19.4 Å². The highest BCUT2D eigenvalue weighted by Crippen LogP contribution is 2.41. The minimum atomic E-state index is 0.631. The summed E-state index contributed by atoms with van der Waals surface area (Å²) in [7, 11) is 0. The fraction of sp³-hybridized carbons (Fsp3) is 0. The number of hydrogen-bond donors (Lipinski definition) is 0. The van der Waals surface area contributed by atoms with Gasteiger partial charge in [0.2, 0.25) is 5.71 Å². The van der Waals surface area contributed by atoms with E-state index in [-0.39, 0.29) is 0 Å². The van der Waals surface area contributed by atoms with E-state index in [0.717, 1.165) is 65.7 Å². The lowest BCUT2D eigenvalue weighted by Gasteiger charge is -2.10. The van der Waals surface area contributed by atoms with Crippen molar-refractivity contribution in [2.24, 2.45) is 0 Å². The number of fused-ring (bicyclic) bond motifs is 6. The summed E-state index contributed by atoms with van der Waals surface area (Å²) in [6.07, 6.45) is 1.78. The van der Waals surface area contributed by atoms with Crippen LogP contribution in [0.25, 0.3) is 88.9 Å². The van der Waals surface area contributed by atoms with Crippen LogP contribution in [0.4, 0.5) is 0 Å². The molecule has 5 nitrogen and oxygen atoms in total. The Balaban J connectivity index is 1.23. The Morgan fingerprint density at radius 3 is 1.76 bits per heavy atom. The molecule has 0 fully saturated rings. The third-order valence-corrected chi connectivity index (χ3v) is 8.35. The van der Waals surface area contributed by atoms with E-state index in [1.54, 1.807) is 6.20 Å². The van der Waals surface area contributed by atoms with E-state index in [0.29, 0.717) is 23.2 Å². The first-order valence-corrected chi connectivity index (χ1v) is 14.9. The standard InChI is InChI=1S/C40H24N4O/c1-3-10-26(11-4-1)37-42-38(27-12-5-2-6-13-27)44-39(43-37)30-20-18-25-17-19-29(22-31(25)23-30)34-24-28-14-7-8-15-32(28)35-33-16-9-21-41-40(33)45-36(34)35/h1-24H. The fourth-order valence-corrected chi connectivity index (χ4v) is 6.17. The van der Waals surface area contributed by atoms with Crippen LogP contribution in [0.15, 0.2) is 150 Å². The van der Waals surface area contributed by atoms with Crippen LogP contribution in [0.5, 0.6) is 0 Å². The Morgan fingerprint density at radius 2 is 1.02 bits per heavy atom. The predicted octanol–water partition coefficient (Wildman–Crippen LogP) is 10.1. The molecule has 0 N–H and O–H groups in total. The summed E-state index contributed by atoms with van der Waals surface area (Å²) in [5.41, 5.74) is 6.41. The number of pyridine rings is 1. The van der Waals surface area contributed by atoms with Crippen LogP contribution >= 0.6 is 0 Å². The highest BCUT2D eigenvalue weighted by Gasteiger charge is 2.17. The SMILES string of the molecule is c1ccc(-c2nc(-c3ccccc3)nc(-c3ccc4ccc(-c5cc6ccccc6c6c5oc5ncccc56)cc4c3)n2)cc1. The van der Waals surface area contributed by atoms with E-state index in [1.165, 1.54) is 0 Å². The lowest BCUT2D eigenvalue weighted by atomic mass is 9.95. The van der Waals surface area contributed by atoms with Gasteiger partial charge in [0.1, 0.15) is 5.58 Å². The van der Waals surface area contributed by atoms with Crippen LogP contribution in [-0.4, -0.2) is 19.9 Å². The average molecular weight is 577 g/mol. The van der Waals surface area contributed by atoms with Crippen LogP contribution in [0, 0.1) is 0 Å². The number of hydrogen-bond acceptors (Lipinski definition) is 5. The maximum Gasteiger partial charge on any atom is 0.227 e. The molecule has 9 rings (SSSR count). The third kappa shape index (κ3) is 4.33. The summed E-state index contributed by atoms with van der Waals surface area (Å²) >= 11 is 0. The molecular weight excluding hydrogens is 552 g/mol. The first-order valence-electron chi connectivity index (χ1n) is 14.9. The van der Waals surface area contributed by atoms with E-state index in [1.807, 2.05) is 66.7 Å². The van der Waals surface area contributed by atoms with Gasteiger partial charge in [-0.15, -0.1) is 0 Å². The van der Waals surface area contributed by atoms with Crippen LogP contribution in [0.2, 0.25) is 0 Å². The molecular formula is C40H24N4O. The van der Waals surface area contributed by atoms with Gasteiger partial charge in [0.05, 0.1) is 0 Å². The molecule has 0 radical (unpaired) electrons. The maximum absolute atomic E-state index is 6.42. The largest absolute Gasteiger partial charge is 0.437 e. The summed E-state index contributed by atoms with van der Waals surface area (Å²) in [4.78, 5) is 19.3. The monoisotopic (exact) mass is 576 g/mol. The number of furan rings is 1. The smallest absolute Gasteiger partial charge is 0.227 e. The summed E-state index contributed by atoms with van der Waals surface area (Å²) in [6.45, 7) is 0. The maximum atomic E-state index is 6.42. The molecule has 0 spiro atoms. The molecule has 210 valence electrons. The van der Waals surface area contributed by atoms with E-state index in [2.05, 4.69) is 77.8 Å². The van der Waals surface area contributed by atoms with Gasteiger partial charge in [-0.25, -0.2) is 19.9 Å². The van der Waals surface area contributed by atoms with Crippen molar-refractivity contribution in [3.05, 3.63) is 146 Å². The highest BCUT2D eigenvalue weighted by atomic mass is 16.3. The molecule has 0 atom stereocenters. The Morgan fingerprint density at radius 1 is 0.422 bits per heavy atom. The first-order chi connectivity index (χ1) is 22.3. The Kier molecular flexibility index (Phi) is 5.74. The van der Waals surface area contributed by atoms with Crippen LogP contribution in [0.3, 0.4) is 0 Å². The number of aromatic nitrogens is 4. The first kappa shape index (κ1) is 25.3. The normalized spacial score (nSPS) is 11.6. The van der Waals surface area contributed by atoms with Gasteiger partial charge in [0.15, 0.2) is 17.5 Å². The molecule has 0 saturated heterocycles. The lowest BCUT2D eigenvalue weighted by Crippen LogP contribution is -2.00. The summed E-state index contributed by atoms with van der Waals surface area (Å²) in [5, 5.41) is 6.64. The second kappa shape index (κ2) is 10.2. The summed E-state index contributed by atoms with van der Waals surface area (Å²) in [5.74, 6) is 1.92. The number of rotatable bonds is 4. The zero-order valence-electron chi connectivity index (χ0n) is 24.1. The van der Waals surface area contributed by atoms with Gasteiger partial charge in [-0.1, -0.05) is 109 Å². The second-order valence-corrected chi connectivity index (χ2v) is 11.1. The van der Waals surface area contributed by atoms with Crippen molar-refractivity contribution in [1.29, 1.82) is 0 Å². The zero-order valence-corrected chi connectivity index (χ0v) is 24.1. The van der Waals surface area contributed by atoms with Gasteiger partial charge < -0.3 is 4.42 Å². The highest BCUT2D eigenvalue weighted by molar-refractivity contribution is 6.22. The predicted molar refractivity (Wildman–Crippen MR) is 182 cm³/mol. The van der Waals surface area contributed by atoms with E-state index >= 15 is 0 Å². The van der Waals surface area contributed by atoms with Crippen molar-refractivity contribution in [1.82, 2.24) is 19.9 Å². The van der Waals surface area contributed by atoms with Gasteiger partial charge in [0, 0.05) is 39.2 Å². The van der Waals surface area contributed by atoms with Crippen molar-refractivity contribution in [2.45, 2.75) is 0 Å². The summed E-state index contributed by atoms with van der Waals surface area (Å²) < 4.78 is 6.42. The minimum Gasteiger partial charge on any atom is -0.437 e. The molecule has 0 unspecified atom stereocenters. The van der Waals surface area contributed by atoms with E-state index < -0.39 is 0 Å². The van der Waals surface area contributed by atoms with Crippen molar-refractivity contribution in [3.8, 4) is 45.3 Å². The second-order valence-electron chi connectivity index (χ2n) is 11.1. The Bertz CT molecular complexity index is 2480. The molecule has 0 saturated carbocycles. The topological polar surface area (TPSA) is 64.7 Å². The molecule has 9 aromatic rings. The molecule has 0 aliphatic heterocycles. The third-order valence-electron chi connectivity index (χ3n) is 8.35. The van der Waals surface area contributed by atoms with Gasteiger partial charge in [-0.2, -0.15) is 0 Å². The Hall–Kier alpha value is -6.20. The fourth-order valence-electron chi connectivity index (χ4n) is 6.17. The average Bonchev–Trinajstić information content (AvgIpc) is 3.51. The molecule has 3 aromatic heterocycles. The molecule has 5 heteroatoms. The quantitative estimate of drug-likeness (QED) is 0.209. The zero-order chi connectivity index (χ0) is 29.7. The molecule has 0 amide bonds. The van der Waals surface area contributed by atoms with Crippen LogP contribution < -0.4 is 0 Å². The van der Waals surface area contributed by atoms with Crippen LogP contribution in [0.1, 0.15) is 0 Å². The number of benzene rings is 6. The van der Waals surface area contributed by atoms with E-state index in [9.17, 15) is 0 Å². The van der Waals surface area contributed by atoms with Crippen LogP contribution in [-0.2, 0) is 0 Å².